The van der Waals surface area contributed by atoms with Crippen molar-refractivity contribution in [3.63, 3.8) is 0 Å². The number of hydrogen-bond donors (Lipinski definition) is 1. The molecule has 2 rings (SSSR count). The highest BCUT2D eigenvalue weighted by molar-refractivity contribution is 5.28. The Morgan fingerprint density at radius 1 is 1.28 bits per heavy atom. The highest BCUT2D eigenvalue weighted by Crippen LogP contribution is 2.23. The minimum absolute atomic E-state index is 0.423. The molecule has 3 heteroatoms. The monoisotopic (exact) mass is 248 g/mol. The lowest BCUT2D eigenvalue weighted by molar-refractivity contribution is 0.176. The van der Waals surface area contributed by atoms with E-state index in [0.717, 1.165) is 25.1 Å². The molecule has 2 N–H and O–H groups in total. The maximum absolute atomic E-state index is 5.95. The SMILES string of the molecule is COc1cccc(CN(C)C2CCC(N)CC2)c1. The number of nitrogens with two attached hydrogens (primary N) is 1. The first-order valence-electron chi connectivity index (χ1n) is 6.78. The average Bonchev–Trinajstić information content (AvgIpc) is 2.39. The summed E-state index contributed by atoms with van der Waals surface area (Å²) >= 11 is 0. The quantitative estimate of drug-likeness (QED) is 0.889. The second kappa shape index (κ2) is 6.21. The molecule has 1 aromatic rings. The predicted octanol–water partition coefficient (Wildman–Crippen LogP) is 2.40. The Balaban J connectivity index is 1.91. The lowest BCUT2D eigenvalue weighted by Crippen LogP contribution is -2.38. The van der Waals surface area contributed by atoms with Gasteiger partial charge in [0.05, 0.1) is 7.11 Å². The van der Waals surface area contributed by atoms with Gasteiger partial charge >= 0.3 is 0 Å². The molecule has 1 aliphatic carbocycles. The molecule has 1 saturated carbocycles. The molecule has 0 spiro atoms. The second-order valence-electron chi connectivity index (χ2n) is 5.34. The van der Waals surface area contributed by atoms with Crippen LogP contribution in [0.2, 0.25) is 0 Å². The average molecular weight is 248 g/mol. The van der Waals surface area contributed by atoms with Gasteiger partial charge < -0.3 is 10.5 Å². The standard InChI is InChI=1S/C15H24N2O/c1-17(14-8-6-13(16)7-9-14)11-12-4-3-5-15(10-12)18-2/h3-5,10,13-14H,6-9,11,16H2,1-2H3. The number of rotatable bonds is 4. The molecule has 0 saturated heterocycles. The fourth-order valence-corrected chi connectivity index (χ4v) is 2.73. The third kappa shape index (κ3) is 3.47. The molecule has 18 heavy (non-hydrogen) atoms. The fraction of sp³-hybridized carbons (Fsp3) is 0.600. The van der Waals surface area contributed by atoms with Gasteiger partial charge in [-0.25, -0.2) is 0 Å². The van der Waals surface area contributed by atoms with Crippen LogP contribution in [0.5, 0.6) is 5.75 Å². The first-order chi connectivity index (χ1) is 8.69. The van der Waals surface area contributed by atoms with Gasteiger partial charge in [-0.2, -0.15) is 0 Å². The maximum atomic E-state index is 5.95. The lowest BCUT2D eigenvalue weighted by atomic mass is 9.91. The summed E-state index contributed by atoms with van der Waals surface area (Å²) in [4.78, 5) is 2.45. The van der Waals surface area contributed by atoms with E-state index in [0.29, 0.717) is 12.1 Å². The first kappa shape index (κ1) is 13.4. The van der Waals surface area contributed by atoms with Gasteiger partial charge in [-0.05, 0) is 50.4 Å². The molecule has 1 aliphatic rings. The third-order valence-corrected chi connectivity index (χ3v) is 3.93. The van der Waals surface area contributed by atoms with Crippen LogP contribution in [-0.2, 0) is 6.54 Å². The summed E-state index contributed by atoms with van der Waals surface area (Å²) < 4.78 is 5.26. The molecule has 0 aromatic heterocycles. The van der Waals surface area contributed by atoms with Crippen molar-refractivity contribution in [2.75, 3.05) is 14.2 Å². The van der Waals surface area contributed by atoms with E-state index in [9.17, 15) is 0 Å². The van der Waals surface area contributed by atoms with Crippen molar-refractivity contribution in [1.29, 1.82) is 0 Å². The zero-order chi connectivity index (χ0) is 13.0. The van der Waals surface area contributed by atoms with Gasteiger partial charge in [0.1, 0.15) is 5.75 Å². The summed E-state index contributed by atoms with van der Waals surface area (Å²) in [6.07, 6.45) is 4.77. The predicted molar refractivity (Wildman–Crippen MR) is 74.7 cm³/mol. The summed E-state index contributed by atoms with van der Waals surface area (Å²) in [5.74, 6) is 0.937. The van der Waals surface area contributed by atoms with Crippen molar-refractivity contribution in [3.8, 4) is 5.75 Å². The Bertz CT molecular complexity index is 373. The van der Waals surface area contributed by atoms with E-state index in [2.05, 4.69) is 30.1 Å². The number of hydrogen-bond acceptors (Lipinski definition) is 3. The topological polar surface area (TPSA) is 38.5 Å². The molecule has 0 radical (unpaired) electrons. The van der Waals surface area contributed by atoms with E-state index in [1.54, 1.807) is 7.11 Å². The number of ether oxygens (including phenoxy) is 1. The molecule has 0 unspecified atom stereocenters. The van der Waals surface area contributed by atoms with Crippen molar-refractivity contribution in [1.82, 2.24) is 4.90 Å². The minimum atomic E-state index is 0.423. The normalized spacial score (nSPS) is 24.2. The molecular formula is C15H24N2O. The summed E-state index contributed by atoms with van der Waals surface area (Å²) in [5.41, 5.74) is 7.26. The zero-order valence-corrected chi connectivity index (χ0v) is 11.4. The Labute approximate surface area is 110 Å². The fourth-order valence-electron chi connectivity index (χ4n) is 2.73. The van der Waals surface area contributed by atoms with Crippen LogP contribution in [0.25, 0.3) is 0 Å². The van der Waals surface area contributed by atoms with E-state index < -0.39 is 0 Å². The molecule has 0 amide bonds. The van der Waals surface area contributed by atoms with Crippen molar-refractivity contribution < 1.29 is 4.74 Å². The Morgan fingerprint density at radius 2 is 2.00 bits per heavy atom. The lowest BCUT2D eigenvalue weighted by Gasteiger charge is -2.33. The minimum Gasteiger partial charge on any atom is -0.497 e. The van der Waals surface area contributed by atoms with Crippen LogP contribution < -0.4 is 10.5 Å². The van der Waals surface area contributed by atoms with Crippen molar-refractivity contribution in [2.45, 2.75) is 44.3 Å². The summed E-state index contributed by atoms with van der Waals surface area (Å²) in [6.45, 7) is 0.983. The second-order valence-corrected chi connectivity index (χ2v) is 5.34. The van der Waals surface area contributed by atoms with Gasteiger partial charge in [-0.15, -0.1) is 0 Å². The van der Waals surface area contributed by atoms with Gasteiger partial charge in [-0.3, -0.25) is 4.90 Å². The third-order valence-electron chi connectivity index (χ3n) is 3.93. The summed E-state index contributed by atoms with van der Waals surface area (Å²) in [5, 5.41) is 0. The molecule has 100 valence electrons. The van der Waals surface area contributed by atoms with Gasteiger partial charge in [-0.1, -0.05) is 12.1 Å². The van der Waals surface area contributed by atoms with Crippen LogP contribution in [0, 0.1) is 0 Å². The summed E-state index contributed by atoms with van der Waals surface area (Å²) in [7, 11) is 3.92. The summed E-state index contributed by atoms with van der Waals surface area (Å²) in [6, 6.07) is 9.42. The van der Waals surface area contributed by atoms with Crippen LogP contribution in [0.4, 0.5) is 0 Å². The van der Waals surface area contributed by atoms with Crippen molar-refractivity contribution in [2.24, 2.45) is 5.73 Å². The number of methoxy groups -OCH3 is 1. The molecule has 0 heterocycles. The van der Waals surface area contributed by atoms with Gasteiger partial charge in [0, 0.05) is 18.6 Å². The number of benzene rings is 1. The highest BCUT2D eigenvalue weighted by Gasteiger charge is 2.21. The first-order valence-corrected chi connectivity index (χ1v) is 6.78. The Hall–Kier alpha value is -1.06. The molecule has 0 aliphatic heterocycles. The van der Waals surface area contributed by atoms with Crippen molar-refractivity contribution in [3.05, 3.63) is 29.8 Å². The number of nitrogens with zero attached hydrogens (tertiary/aromatic N) is 1. The van der Waals surface area contributed by atoms with Gasteiger partial charge in [0.15, 0.2) is 0 Å². The van der Waals surface area contributed by atoms with Crippen LogP contribution >= 0.6 is 0 Å². The maximum Gasteiger partial charge on any atom is 0.119 e. The van der Waals surface area contributed by atoms with E-state index in [-0.39, 0.29) is 0 Å². The van der Waals surface area contributed by atoms with Gasteiger partial charge in [0.2, 0.25) is 0 Å². The van der Waals surface area contributed by atoms with Crippen LogP contribution in [0.3, 0.4) is 0 Å². The van der Waals surface area contributed by atoms with E-state index >= 15 is 0 Å². The molecule has 0 atom stereocenters. The largest absolute Gasteiger partial charge is 0.497 e. The van der Waals surface area contributed by atoms with Crippen LogP contribution in [-0.4, -0.2) is 31.1 Å². The molecular weight excluding hydrogens is 224 g/mol. The Kier molecular flexibility index (Phi) is 4.61. The smallest absolute Gasteiger partial charge is 0.119 e. The molecule has 0 bridgehead atoms. The van der Waals surface area contributed by atoms with E-state index in [1.807, 2.05) is 6.07 Å². The molecule has 3 nitrogen and oxygen atoms in total. The Morgan fingerprint density at radius 3 is 2.67 bits per heavy atom. The zero-order valence-electron chi connectivity index (χ0n) is 11.4. The van der Waals surface area contributed by atoms with Crippen molar-refractivity contribution >= 4 is 0 Å². The van der Waals surface area contributed by atoms with E-state index in [1.165, 1.54) is 18.4 Å². The van der Waals surface area contributed by atoms with Crippen LogP contribution in [0.1, 0.15) is 31.2 Å². The molecule has 1 aromatic carbocycles. The van der Waals surface area contributed by atoms with E-state index in [4.69, 9.17) is 10.5 Å². The molecule has 1 fully saturated rings. The van der Waals surface area contributed by atoms with Gasteiger partial charge in [0.25, 0.3) is 0 Å². The highest BCUT2D eigenvalue weighted by atomic mass is 16.5. The van der Waals surface area contributed by atoms with Crippen LogP contribution in [0.15, 0.2) is 24.3 Å².